The predicted molar refractivity (Wildman–Crippen MR) is 96.9 cm³/mol. The molecule has 1 heterocycles. The maximum Gasteiger partial charge on any atom is 0.156 e. The van der Waals surface area contributed by atoms with Gasteiger partial charge in [0.25, 0.3) is 0 Å². The van der Waals surface area contributed by atoms with Gasteiger partial charge in [-0.2, -0.15) is 0 Å². The zero-order chi connectivity index (χ0) is 15.6. The number of carbonyl (C=O) groups excluding carboxylic acids is 1. The average molecular weight is 366 g/mol. The van der Waals surface area contributed by atoms with E-state index in [-0.39, 0.29) is 18.2 Å². The molecule has 0 spiro atoms. The quantitative estimate of drug-likeness (QED) is 0.795. The van der Waals surface area contributed by atoms with Crippen LogP contribution in [-0.2, 0) is 4.79 Å². The maximum absolute atomic E-state index is 12.5. The Labute approximate surface area is 149 Å². The molecule has 22 heavy (non-hydrogen) atoms. The summed E-state index contributed by atoms with van der Waals surface area (Å²) < 4.78 is 0. The van der Waals surface area contributed by atoms with Crippen molar-refractivity contribution in [3.63, 3.8) is 0 Å². The second-order valence-corrected chi connectivity index (χ2v) is 6.85. The van der Waals surface area contributed by atoms with E-state index < -0.39 is 5.54 Å². The zero-order valence-electron chi connectivity index (χ0n) is 13.2. The molecule has 0 amide bonds. The second kappa shape index (κ2) is 7.87. The number of benzene rings is 1. The highest BCUT2D eigenvalue weighted by atomic mass is 35.5. The number of hydrogen-bond donors (Lipinski definition) is 0. The number of likely N-dealkylation sites (N-methyl/N-ethyl adjacent to an activating group) is 1. The van der Waals surface area contributed by atoms with Gasteiger partial charge in [-0.05, 0) is 58.5 Å². The van der Waals surface area contributed by atoms with Gasteiger partial charge in [0.05, 0.1) is 10.0 Å². The Morgan fingerprint density at radius 3 is 2.50 bits per heavy atom. The van der Waals surface area contributed by atoms with Crippen molar-refractivity contribution in [3.05, 3.63) is 28.2 Å². The third-order valence-electron chi connectivity index (χ3n) is 4.19. The zero-order valence-corrected chi connectivity index (χ0v) is 15.6. The van der Waals surface area contributed by atoms with Crippen LogP contribution in [0.1, 0.15) is 26.2 Å². The first-order valence-electron chi connectivity index (χ1n) is 7.25. The fourth-order valence-corrected chi connectivity index (χ4v) is 3.52. The van der Waals surface area contributed by atoms with Crippen LogP contribution in [-0.4, -0.2) is 43.4 Å². The average Bonchev–Trinajstić information content (AvgIpc) is 2.41. The van der Waals surface area contributed by atoms with Gasteiger partial charge in [-0.1, -0.05) is 23.2 Å². The van der Waals surface area contributed by atoms with Crippen LogP contribution in [0.4, 0.5) is 5.69 Å². The number of carbonyl (C=O) groups is 1. The first-order chi connectivity index (χ1) is 9.86. The Morgan fingerprint density at radius 1 is 1.27 bits per heavy atom. The van der Waals surface area contributed by atoms with Crippen LogP contribution < -0.4 is 4.90 Å². The molecule has 1 saturated heterocycles. The van der Waals surface area contributed by atoms with E-state index in [0.717, 1.165) is 31.5 Å². The van der Waals surface area contributed by atoms with E-state index in [9.17, 15) is 4.79 Å². The summed E-state index contributed by atoms with van der Waals surface area (Å²) in [4.78, 5) is 16.8. The van der Waals surface area contributed by atoms with Gasteiger partial charge in [-0.3, -0.25) is 4.79 Å². The van der Waals surface area contributed by atoms with Gasteiger partial charge < -0.3 is 9.80 Å². The number of halogens is 3. The molecule has 1 aliphatic rings. The molecule has 0 N–H and O–H groups in total. The standard InChI is InChI=1S/C16H22Cl2N2O.ClH/c1-12(21)16(11-19(2)3)8-4-5-9-20(16)13-6-7-14(17)15(18)10-13;/h6-7,10H,4-5,8-9,11H2,1-3H3;1H. The van der Waals surface area contributed by atoms with Crippen molar-refractivity contribution in [2.75, 3.05) is 32.1 Å². The molecule has 1 aliphatic heterocycles. The minimum absolute atomic E-state index is 0. The number of anilines is 1. The lowest BCUT2D eigenvalue weighted by Crippen LogP contribution is -2.61. The lowest BCUT2D eigenvalue weighted by atomic mass is 9.82. The Balaban J connectivity index is 0.00000242. The van der Waals surface area contributed by atoms with E-state index in [1.165, 1.54) is 0 Å². The molecular formula is C16H23Cl3N2O. The predicted octanol–water partition coefficient (Wildman–Crippen LogP) is 4.29. The van der Waals surface area contributed by atoms with Gasteiger partial charge in [-0.15, -0.1) is 12.4 Å². The molecule has 1 aromatic rings. The molecule has 1 unspecified atom stereocenters. The van der Waals surface area contributed by atoms with Crippen molar-refractivity contribution in [1.82, 2.24) is 4.90 Å². The van der Waals surface area contributed by atoms with Crippen molar-refractivity contribution >= 4 is 47.1 Å². The van der Waals surface area contributed by atoms with Gasteiger partial charge in [-0.25, -0.2) is 0 Å². The summed E-state index contributed by atoms with van der Waals surface area (Å²) in [6.45, 7) is 3.27. The summed E-state index contributed by atoms with van der Waals surface area (Å²) in [5.41, 5.74) is 0.500. The fraction of sp³-hybridized carbons (Fsp3) is 0.562. The molecular weight excluding hydrogens is 343 g/mol. The molecule has 0 aromatic heterocycles. The summed E-state index contributed by atoms with van der Waals surface area (Å²) in [5, 5.41) is 1.07. The largest absolute Gasteiger partial charge is 0.358 e. The fourth-order valence-electron chi connectivity index (χ4n) is 3.23. The monoisotopic (exact) mass is 364 g/mol. The molecule has 0 saturated carbocycles. The Morgan fingerprint density at radius 2 is 1.95 bits per heavy atom. The van der Waals surface area contributed by atoms with E-state index in [1.54, 1.807) is 13.0 Å². The normalized spacial score (nSPS) is 21.6. The second-order valence-electron chi connectivity index (χ2n) is 6.03. The van der Waals surface area contributed by atoms with E-state index in [1.807, 2.05) is 26.2 Å². The molecule has 6 heteroatoms. The molecule has 0 aliphatic carbocycles. The lowest BCUT2D eigenvalue weighted by Gasteiger charge is -2.48. The Bertz CT molecular complexity index is 536. The van der Waals surface area contributed by atoms with Gasteiger partial charge in [0.15, 0.2) is 5.78 Å². The summed E-state index contributed by atoms with van der Waals surface area (Å²) >= 11 is 12.2. The van der Waals surface area contributed by atoms with Gasteiger partial charge >= 0.3 is 0 Å². The third-order valence-corrected chi connectivity index (χ3v) is 4.93. The van der Waals surface area contributed by atoms with E-state index >= 15 is 0 Å². The molecule has 124 valence electrons. The number of ketones is 1. The summed E-state index contributed by atoms with van der Waals surface area (Å²) in [7, 11) is 4.01. The SMILES string of the molecule is CC(=O)C1(CN(C)C)CCCCN1c1ccc(Cl)c(Cl)c1.Cl. The van der Waals surface area contributed by atoms with Crippen LogP contribution in [0.25, 0.3) is 0 Å². The number of Topliss-reactive ketones (excluding diaryl/α,β-unsaturated/α-hetero) is 1. The van der Waals surface area contributed by atoms with Crippen molar-refractivity contribution < 1.29 is 4.79 Å². The van der Waals surface area contributed by atoms with Gasteiger partial charge in [0.2, 0.25) is 0 Å². The van der Waals surface area contributed by atoms with E-state index in [4.69, 9.17) is 23.2 Å². The topological polar surface area (TPSA) is 23.6 Å². The number of rotatable bonds is 4. The van der Waals surface area contributed by atoms with Crippen LogP contribution in [0.15, 0.2) is 18.2 Å². The molecule has 2 rings (SSSR count). The highest BCUT2D eigenvalue weighted by Crippen LogP contribution is 2.37. The van der Waals surface area contributed by atoms with Crippen molar-refractivity contribution in [3.8, 4) is 0 Å². The Kier molecular flexibility index (Phi) is 7.00. The Hall–Kier alpha value is -0.480. The van der Waals surface area contributed by atoms with Crippen molar-refractivity contribution in [2.24, 2.45) is 0 Å². The minimum atomic E-state index is -0.473. The van der Waals surface area contributed by atoms with E-state index in [0.29, 0.717) is 16.6 Å². The van der Waals surface area contributed by atoms with Crippen LogP contribution in [0.2, 0.25) is 10.0 Å². The molecule has 1 atom stereocenters. The molecule has 1 fully saturated rings. The van der Waals surface area contributed by atoms with Crippen LogP contribution in [0.3, 0.4) is 0 Å². The summed E-state index contributed by atoms with van der Waals surface area (Å²) in [6.07, 6.45) is 3.04. The van der Waals surface area contributed by atoms with Crippen LogP contribution >= 0.6 is 35.6 Å². The van der Waals surface area contributed by atoms with Crippen LogP contribution in [0, 0.1) is 0 Å². The summed E-state index contributed by atoms with van der Waals surface area (Å²) in [5.74, 6) is 0.210. The summed E-state index contributed by atoms with van der Waals surface area (Å²) in [6, 6.07) is 5.61. The first-order valence-corrected chi connectivity index (χ1v) is 8.01. The van der Waals surface area contributed by atoms with E-state index in [2.05, 4.69) is 9.80 Å². The van der Waals surface area contributed by atoms with Gasteiger partial charge in [0.1, 0.15) is 5.54 Å². The van der Waals surface area contributed by atoms with Crippen molar-refractivity contribution in [2.45, 2.75) is 31.7 Å². The molecule has 0 radical (unpaired) electrons. The third kappa shape index (κ3) is 3.88. The van der Waals surface area contributed by atoms with Crippen LogP contribution in [0.5, 0.6) is 0 Å². The minimum Gasteiger partial charge on any atom is -0.358 e. The van der Waals surface area contributed by atoms with Gasteiger partial charge in [0, 0.05) is 18.8 Å². The number of nitrogens with zero attached hydrogens (tertiary/aromatic N) is 2. The highest BCUT2D eigenvalue weighted by Gasteiger charge is 2.43. The first kappa shape index (κ1) is 19.6. The molecule has 3 nitrogen and oxygen atoms in total. The number of hydrogen-bond acceptors (Lipinski definition) is 3. The molecule has 1 aromatic carbocycles. The number of piperidine rings is 1. The van der Waals surface area contributed by atoms with Crippen molar-refractivity contribution in [1.29, 1.82) is 0 Å². The highest BCUT2D eigenvalue weighted by molar-refractivity contribution is 6.42. The smallest absolute Gasteiger partial charge is 0.156 e. The maximum atomic E-state index is 12.5. The molecule has 0 bridgehead atoms. The lowest BCUT2D eigenvalue weighted by molar-refractivity contribution is -0.123.